The Kier molecular flexibility index (Phi) is 3.90. The number of pyridine rings is 1. The number of benzene rings is 2. The van der Waals surface area contributed by atoms with E-state index in [0.29, 0.717) is 5.56 Å². The summed E-state index contributed by atoms with van der Waals surface area (Å²) in [6.07, 6.45) is 2.34. The summed E-state index contributed by atoms with van der Waals surface area (Å²) in [4.78, 5) is 16.1. The van der Waals surface area contributed by atoms with Crippen LogP contribution in [0.25, 0.3) is 11.1 Å². The Labute approximate surface area is 144 Å². The highest BCUT2D eigenvalue weighted by atomic mass is 19.1. The lowest BCUT2D eigenvalue weighted by molar-refractivity contribution is 0.132. The van der Waals surface area contributed by atoms with Gasteiger partial charge in [0.05, 0.1) is 0 Å². The van der Waals surface area contributed by atoms with Crippen molar-refractivity contribution in [3.63, 3.8) is 0 Å². The molecule has 0 spiro atoms. The molecule has 1 aliphatic heterocycles. The molecule has 0 aliphatic carbocycles. The summed E-state index contributed by atoms with van der Waals surface area (Å²) in [6, 6.07) is 17.5. The third-order valence-electron chi connectivity index (χ3n) is 4.21. The minimum absolute atomic E-state index is 0.365. The van der Waals surface area contributed by atoms with E-state index in [9.17, 15) is 9.18 Å². The van der Waals surface area contributed by atoms with Crippen LogP contribution in [-0.4, -0.2) is 11.1 Å². The lowest BCUT2D eigenvalue weighted by Gasteiger charge is -2.18. The maximum Gasteiger partial charge on any atom is 0.408 e. The number of nitrogens with one attached hydrogen (secondary N) is 1. The van der Waals surface area contributed by atoms with Crippen molar-refractivity contribution >= 4 is 6.09 Å². The van der Waals surface area contributed by atoms with E-state index < -0.39 is 18.2 Å². The minimum atomic E-state index is -0.601. The molecule has 124 valence electrons. The molecular weight excluding hydrogens is 319 g/mol. The number of rotatable bonds is 3. The molecule has 1 N–H and O–H groups in total. The van der Waals surface area contributed by atoms with Gasteiger partial charge in [0.1, 0.15) is 11.9 Å². The third-order valence-corrected chi connectivity index (χ3v) is 4.21. The van der Waals surface area contributed by atoms with Crippen LogP contribution in [0.2, 0.25) is 0 Å². The van der Waals surface area contributed by atoms with E-state index in [1.165, 1.54) is 12.1 Å². The average molecular weight is 334 g/mol. The third kappa shape index (κ3) is 3.08. The number of carbonyl (C=O) groups is 1. The summed E-state index contributed by atoms with van der Waals surface area (Å²) in [5.41, 5.74) is 3.39. The number of halogens is 1. The quantitative estimate of drug-likeness (QED) is 0.772. The second kappa shape index (κ2) is 6.36. The van der Waals surface area contributed by atoms with Gasteiger partial charge in [-0.2, -0.15) is 0 Å². The van der Waals surface area contributed by atoms with Gasteiger partial charge < -0.3 is 10.1 Å². The number of ether oxygens (including phenoxy) is 1. The molecule has 5 heteroatoms. The van der Waals surface area contributed by atoms with Gasteiger partial charge in [-0.3, -0.25) is 4.98 Å². The van der Waals surface area contributed by atoms with Gasteiger partial charge in [-0.05, 0) is 34.9 Å². The van der Waals surface area contributed by atoms with E-state index >= 15 is 0 Å². The lowest BCUT2D eigenvalue weighted by atomic mass is 9.95. The molecule has 1 saturated heterocycles. The number of carbonyl (C=O) groups excluding carboxylic acids is 1. The zero-order valence-electron chi connectivity index (χ0n) is 13.2. The molecule has 1 aliphatic rings. The van der Waals surface area contributed by atoms with Crippen molar-refractivity contribution in [2.75, 3.05) is 0 Å². The van der Waals surface area contributed by atoms with Gasteiger partial charge in [-0.1, -0.05) is 42.5 Å². The Morgan fingerprint density at radius 1 is 0.920 bits per heavy atom. The van der Waals surface area contributed by atoms with Crippen LogP contribution in [-0.2, 0) is 4.74 Å². The van der Waals surface area contributed by atoms with Gasteiger partial charge in [-0.25, -0.2) is 9.18 Å². The van der Waals surface area contributed by atoms with Crippen LogP contribution in [0.1, 0.15) is 23.3 Å². The van der Waals surface area contributed by atoms with Crippen molar-refractivity contribution in [1.29, 1.82) is 0 Å². The van der Waals surface area contributed by atoms with Crippen LogP contribution in [0.5, 0.6) is 0 Å². The second-order valence-corrected chi connectivity index (χ2v) is 5.88. The lowest BCUT2D eigenvalue weighted by Crippen LogP contribution is -2.19. The standard InChI is InChI=1S/C20H15FN2O2/c21-17-8-4-7-14(10-17)19-18(23-20(24)25-19)16-9-15(11-22-12-16)13-5-2-1-3-6-13/h1-12,18-19H,(H,23,24)/t18-,19-/m1/s1. The van der Waals surface area contributed by atoms with E-state index in [0.717, 1.165) is 16.7 Å². The van der Waals surface area contributed by atoms with Gasteiger partial charge in [-0.15, -0.1) is 0 Å². The number of hydrogen-bond acceptors (Lipinski definition) is 3. The molecule has 25 heavy (non-hydrogen) atoms. The number of alkyl carbamates (subject to hydrolysis) is 1. The van der Waals surface area contributed by atoms with Crippen LogP contribution < -0.4 is 5.32 Å². The van der Waals surface area contributed by atoms with Gasteiger partial charge >= 0.3 is 6.09 Å². The van der Waals surface area contributed by atoms with Crippen LogP contribution in [0.15, 0.2) is 73.1 Å². The SMILES string of the molecule is O=C1N[C@H](c2cncc(-c3ccccc3)c2)[C@@H](c2cccc(F)c2)O1. The molecule has 0 bridgehead atoms. The molecule has 2 heterocycles. The first-order chi connectivity index (χ1) is 12.2. The first kappa shape index (κ1) is 15.3. The molecule has 0 radical (unpaired) electrons. The minimum Gasteiger partial charge on any atom is -0.439 e. The van der Waals surface area contributed by atoms with E-state index in [-0.39, 0.29) is 5.82 Å². The number of hydrogen-bond donors (Lipinski definition) is 1. The average Bonchev–Trinajstić information content (AvgIpc) is 3.04. The number of cyclic esters (lactones) is 1. The summed E-state index contributed by atoms with van der Waals surface area (Å²) in [7, 11) is 0. The highest BCUT2D eigenvalue weighted by molar-refractivity contribution is 5.71. The van der Waals surface area contributed by atoms with Gasteiger partial charge in [0, 0.05) is 18.0 Å². The molecule has 1 fully saturated rings. The second-order valence-electron chi connectivity index (χ2n) is 5.88. The normalized spacial score (nSPS) is 19.3. The van der Waals surface area contributed by atoms with Gasteiger partial charge in [0.2, 0.25) is 0 Å². The molecular formula is C20H15FN2O2. The van der Waals surface area contributed by atoms with Crippen molar-refractivity contribution in [2.24, 2.45) is 0 Å². The van der Waals surface area contributed by atoms with Gasteiger partial charge in [0.25, 0.3) is 0 Å². The van der Waals surface area contributed by atoms with Crippen molar-refractivity contribution in [1.82, 2.24) is 10.3 Å². The predicted molar refractivity (Wildman–Crippen MR) is 91.2 cm³/mol. The van der Waals surface area contributed by atoms with E-state index in [2.05, 4.69) is 10.3 Å². The number of aromatic nitrogens is 1. The predicted octanol–water partition coefficient (Wildman–Crippen LogP) is 4.41. The van der Waals surface area contributed by atoms with E-state index in [1.807, 2.05) is 36.4 Å². The largest absolute Gasteiger partial charge is 0.439 e. The molecule has 2 atom stereocenters. The highest BCUT2D eigenvalue weighted by Gasteiger charge is 2.36. The fourth-order valence-electron chi connectivity index (χ4n) is 3.04. The molecule has 3 aromatic rings. The Balaban J connectivity index is 1.71. The van der Waals surface area contributed by atoms with Crippen LogP contribution >= 0.6 is 0 Å². The molecule has 0 unspecified atom stereocenters. The smallest absolute Gasteiger partial charge is 0.408 e. The fraction of sp³-hybridized carbons (Fsp3) is 0.100. The highest BCUT2D eigenvalue weighted by Crippen LogP contribution is 2.37. The Morgan fingerprint density at radius 2 is 1.76 bits per heavy atom. The summed E-state index contributed by atoms with van der Waals surface area (Å²) in [5.74, 6) is -0.365. The zero-order valence-corrected chi connectivity index (χ0v) is 13.2. The Bertz CT molecular complexity index is 914. The molecule has 2 aromatic carbocycles. The molecule has 0 saturated carbocycles. The Hall–Kier alpha value is -3.21. The summed E-state index contributed by atoms with van der Waals surface area (Å²) < 4.78 is 18.9. The van der Waals surface area contributed by atoms with E-state index in [4.69, 9.17) is 4.74 Å². The van der Waals surface area contributed by atoms with Crippen LogP contribution in [0.3, 0.4) is 0 Å². The summed E-state index contributed by atoms with van der Waals surface area (Å²) in [5, 5.41) is 2.79. The van der Waals surface area contributed by atoms with Crippen molar-refractivity contribution < 1.29 is 13.9 Å². The fourth-order valence-corrected chi connectivity index (χ4v) is 3.04. The molecule has 4 nitrogen and oxygen atoms in total. The van der Waals surface area contributed by atoms with Crippen molar-refractivity contribution in [2.45, 2.75) is 12.1 Å². The van der Waals surface area contributed by atoms with Crippen molar-refractivity contribution in [3.8, 4) is 11.1 Å². The number of amides is 1. The van der Waals surface area contributed by atoms with Crippen LogP contribution in [0.4, 0.5) is 9.18 Å². The maximum atomic E-state index is 13.6. The maximum absolute atomic E-state index is 13.6. The topological polar surface area (TPSA) is 51.2 Å². The molecule has 4 rings (SSSR count). The first-order valence-corrected chi connectivity index (χ1v) is 7.94. The summed E-state index contributed by atoms with van der Waals surface area (Å²) in [6.45, 7) is 0. The zero-order chi connectivity index (χ0) is 17.2. The van der Waals surface area contributed by atoms with Crippen molar-refractivity contribution in [3.05, 3.63) is 90.0 Å². The Morgan fingerprint density at radius 3 is 2.56 bits per heavy atom. The van der Waals surface area contributed by atoms with Gasteiger partial charge in [0.15, 0.2) is 6.10 Å². The molecule has 1 aromatic heterocycles. The monoisotopic (exact) mass is 334 g/mol. The van der Waals surface area contributed by atoms with E-state index in [1.54, 1.807) is 24.5 Å². The first-order valence-electron chi connectivity index (χ1n) is 7.94. The summed E-state index contributed by atoms with van der Waals surface area (Å²) >= 11 is 0. The molecule has 1 amide bonds. The number of nitrogens with zero attached hydrogens (tertiary/aromatic N) is 1. The van der Waals surface area contributed by atoms with Crippen LogP contribution in [0, 0.1) is 5.82 Å².